The molecular weight excluding hydrogens is 462 g/mol. The van der Waals surface area contributed by atoms with Crippen molar-refractivity contribution in [2.75, 3.05) is 22.6 Å². The Hall–Kier alpha value is -3.18. The lowest BCUT2D eigenvalue weighted by Gasteiger charge is -2.27. The van der Waals surface area contributed by atoms with Gasteiger partial charge in [-0.05, 0) is 37.4 Å². The van der Waals surface area contributed by atoms with Crippen LogP contribution in [-0.2, 0) is 25.7 Å². The fourth-order valence-corrected chi connectivity index (χ4v) is 5.13. The monoisotopic (exact) mass is 485 g/mol. The maximum atomic E-state index is 12.9. The van der Waals surface area contributed by atoms with Gasteiger partial charge in [0.25, 0.3) is 5.91 Å². The van der Waals surface area contributed by atoms with Crippen LogP contribution in [0.2, 0.25) is 0 Å². The molecule has 172 valence electrons. The van der Waals surface area contributed by atoms with Crippen LogP contribution < -0.4 is 10.2 Å². The highest BCUT2D eigenvalue weighted by Crippen LogP contribution is 2.31. The van der Waals surface area contributed by atoms with Gasteiger partial charge in [0, 0.05) is 19.0 Å². The number of thioether (sulfide) groups is 1. The Kier molecular flexibility index (Phi) is 7.09. The third kappa shape index (κ3) is 5.09. The fourth-order valence-electron chi connectivity index (χ4n) is 3.61. The van der Waals surface area contributed by atoms with Crippen LogP contribution in [0.5, 0.6) is 0 Å². The number of anilines is 2. The van der Waals surface area contributed by atoms with Crippen LogP contribution in [0.1, 0.15) is 20.3 Å². The molecule has 0 aliphatic carbocycles. The lowest BCUT2D eigenvalue weighted by atomic mass is 10.1. The molecular formula is C22H23N5O4S2. The zero-order valence-corrected chi connectivity index (χ0v) is 19.8. The number of esters is 1. The van der Waals surface area contributed by atoms with E-state index >= 15 is 0 Å². The SMILES string of the molecule is CCn1c(SCC(=O)OCC(=O)N2c3ccccc3NC(=O)CC2C)nnc1-c1cccs1. The van der Waals surface area contributed by atoms with Crippen molar-refractivity contribution in [1.82, 2.24) is 14.8 Å². The molecule has 1 N–H and O–H groups in total. The van der Waals surface area contributed by atoms with E-state index in [0.29, 0.717) is 23.1 Å². The molecule has 1 aromatic carbocycles. The average molecular weight is 486 g/mol. The minimum Gasteiger partial charge on any atom is -0.455 e. The van der Waals surface area contributed by atoms with Crippen LogP contribution >= 0.6 is 23.1 Å². The molecule has 33 heavy (non-hydrogen) atoms. The molecule has 2 amide bonds. The zero-order chi connectivity index (χ0) is 23.4. The highest BCUT2D eigenvalue weighted by atomic mass is 32.2. The number of hydrogen-bond donors (Lipinski definition) is 1. The van der Waals surface area contributed by atoms with Crippen LogP contribution in [0.4, 0.5) is 11.4 Å². The van der Waals surface area contributed by atoms with Crippen LogP contribution in [0.3, 0.4) is 0 Å². The van der Waals surface area contributed by atoms with Crippen LogP contribution in [-0.4, -0.2) is 50.9 Å². The number of fused-ring (bicyclic) bond motifs is 1. The number of rotatable bonds is 7. The van der Waals surface area contributed by atoms with Gasteiger partial charge in [-0.25, -0.2) is 0 Å². The molecule has 2 aromatic heterocycles. The highest BCUT2D eigenvalue weighted by molar-refractivity contribution is 7.99. The Morgan fingerprint density at radius 2 is 2.06 bits per heavy atom. The summed E-state index contributed by atoms with van der Waals surface area (Å²) in [6.07, 6.45) is 0.156. The summed E-state index contributed by atoms with van der Waals surface area (Å²) in [5.41, 5.74) is 1.14. The predicted molar refractivity (Wildman–Crippen MR) is 127 cm³/mol. The van der Waals surface area contributed by atoms with E-state index < -0.39 is 12.6 Å². The van der Waals surface area contributed by atoms with E-state index in [-0.39, 0.29) is 30.0 Å². The summed E-state index contributed by atoms with van der Waals surface area (Å²) in [6, 6.07) is 10.6. The van der Waals surface area contributed by atoms with Crippen molar-refractivity contribution in [3.05, 3.63) is 41.8 Å². The van der Waals surface area contributed by atoms with Crippen molar-refractivity contribution in [2.45, 2.75) is 38.0 Å². The molecule has 1 aliphatic heterocycles. The number of benzene rings is 1. The molecule has 0 bridgehead atoms. The molecule has 0 fully saturated rings. The number of amides is 2. The second-order valence-electron chi connectivity index (χ2n) is 7.36. The third-order valence-corrected chi connectivity index (χ3v) is 6.88. The van der Waals surface area contributed by atoms with E-state index in [0.717, 1.165) is 10.7 Å². The number of thiophene rings is 1. The van der Waals surface area contributed by atoms with Crippen LogP contribution in [0, 0.1) is 0 Å². The molecule has 0 spiro atoms. The maximum Gasteiger partial charge on any atom is 0.316 e. The first-order valence-electron chi connectivity index (χ1n) is 10.4. The van der Waals surface area contributed by atoms with E-state index in [2.05, 4.69) is 15.5 Å². The molecule has 0 saturated heterocycles. The Morgan fingerprint density at radius 3 is 2.82 bits per heavy atom. The molecule has 11 heteroatoms. The van der Waals surface area contributed by atoms with Crippen LogP contribution in [0.15, 0.2) is 46.9 Å². The molecule has 1 unspecified atom stereocenters. The van der Waals surface area contributed by atoms with Gasteiger partial charge in [-0.1, -0.05) is 30.0 Å². The summed E-state index contributed by atoms with van der Waals surface area (Å²) in [5, 5.41) is 13.8. The standard InChI is InChI=1S/C22H23N5O4S2/c1-3-26-21(17-9-6-10-32-17)24-25-22(26)33-13-20(30)31-12-19(29)27-14(2)11-18(28)23-15-7-4-5-8-16(15)27/h4-10,14H,3,11-13H2,1-2H3,(H,23,28). The number of para-hydroxylation sites is 2. The summed E-state index contributed by atoms with van der Waals surface area (Å²) < 4.78 is 7.19. The fraction of sp³-hybridized carbons (Fsp3) is 0.318. The molecule has 1 atom stereocenters. The second kappa shape index (κ2) is 10.2. The minimum absolute atomic E-state index is 0.00202. The predicted octanol–water partition coefficient (Wildman–Crippen LogP) is 3.43. The largest absolute Gasteiger partial charge is 0.455 e. The Labute approximate surface area is 199 Å². The highest BCUT2D eigenvalue weighted by Gasteiger charge is 2.30. The molecule has 0 saturated carbocycles. The van der Waals surface area contributed by atoms with Gasteiger partial charge in [-0.2, -0.15) is 0 Å². The van der Waals surface area contributed by atoms with Gasteiger partial charge in [0.2, 0.25) is 5.91 Å². The topological polar surface area (TPSA) is 106 Å². The van der Waals surface area contributed by atoms with Gasteiger partial charge >= 0.3 is 5.97 Å². The summed E-state index contributed by atoms with van der Waals surface area (Å²) >= 11 is 2.79. The first-order valence-corrected chi connectivity index (χ1v) is 12.3. The van der Waals surface area contributed by atoms with Crippen molar-refractivity contribution in [2.24, 2.45) is 0 Å². The van der Waals surface area contributed by atoms with E-state index in [4.69, 9.17) is 4.74 Å². The normalized spacial score (nSPS) is 15.5. The van der Waals surface area contributed by atoms with Crippen molar-refractivity contribution < 1.29 is 19.1 Å². The first-order chi connectivity index (χ1) is 16.0. The minimum atomic E-state index is -0.526. The smallest absolute Gasteiger partial charge is 0.316 e. The molecule has 0 radical (unpaired) electrons. The van der Waals surface area contributed by atoms with Crippen molar-refractivity contribution in [3.8, 4) is 10.7 Å². The van der Waals surface area contributed by atoms with Crippen molar-refractivity contribution in [1.29, 1.82) is 0 Å². The van der Waals surface area contributed by atoms with Gasteiger partial charge in [0.15, 0.2) is 17.6 Å². The lowest BCUT2D eigenvalue weighted by molar-refractivity contribution is -0.145. The molecule has 9 nitrogen and oxygen atoms in total. The quantitative estimate of drug-likeness (QED) is 0.404. The number of carbonyl (C=O) groups excluding carboxylic acids is 3. The molecule has 1 aliphatic rings. The molecule has 3 aromatic rings. The Morgan fingerprint density at radius 1 is 1.24 bits per heavy atom. The van der Waals surface area contributed by atoms with Gasteiger partial charge in [0.05, 0.1) is 22.0 Å². The summed E-state index contributed by atoms with van der Waals surface area (Å²) in [4.78, 5) is 39.9. The van der Waals surface area contributed by atoms with Gasteiger partial charge in [-0.3, -0.25) is 14.4 Å². The summed E-state index contributed by atoms with van der Waals surface area (Å²) in [6.45, 7) is 4.03. The second-order valence-corrected chi connectivity index (χ2v) is 9.25. The maximum absolute atomic E-state index is 12.9. The van der Waals surface area contributed by atoms with Gasteiger partial charge < -0.3 is 19.5 Å². The number of aromatic nitrogens is 3. The van der Waals surface area contributed by atoms with Gasteiger partial charge in [0.1, 0.15) is 0 Å². The Balaban J connectivity index is 1.37. The number of nitrogens with zero attached hydrogens (tertiary/aromatic N) is 4. The number of hydrogen-bond acceptors (Lipinski definition) is 8. The molecule has 3 heterocycles. The summed E-state index contributed by atoms with van der Waals surface area (Å²) in [5.74, 6) is -0.318. The third-order valence-electron chi connectivity index (χ3n) is 5.08. The van der Waals surface area contributed by atoms with Gasteiger partial charge in [-0.15, -0.1) is 21.5 Å². The average Bonchev–Trinajstić information content (AvgIpc) is 3.44. The first kappa shape index (κ1) is 23.0. The van der Waals surface area contributed by atoms with Crippen LogP contribution in [0.25, 0.3) is 10.7 Å². The number of ether oxygens (including phenoxy) is 1. The van der Waals surface area contributed by atoms with E-state index in [1.54, 1.807) is 42.5 Å². The molecule has 4 rings (SSSR count). The number of carbonyl (C=O) groups is 3. The van der Waals surface area contributed by atoms with E-state index in [9.17, 15) is 14.4 Å². The van der Waals surface area contributed by atoms with Crippen molar-refractivity contribution in [3.63, 3.8) is 0 Å². The van der Waals surface area contributed by atoms with E-state index in [1.165, 1.54) is 16.7 Å². The Bertz CT molecular complexity index is 1160. The zero-order valence-electron chi connectivity index (χ0n) is 18.2. The van der Waals surface area contributed by atoms with E-state index in [1.807, 2.05) is 29.0 Å². The summed E-state index contributed by atoms with van der Waals surface area (Å²) in [7, 11) is 0. The number of nitrogens with one attached hydrogen (secondary N) is 1. The van der Waals surface area contributed by atoms with Crippen molar-refractivity contribution >= 4 is 52.3 Å². The lowest BCUT2D eigenvalue weighted by Crippen LogP contribution is -2.41.